The summed E-state index contributed by atoms with van der Waals surface area (Å²) in [5.74, 6) is 0.667. The normalized spacial score (nSPS) is 22.3. The Hall–Kier alpha value is -0.280. The van der Waals surface area contributed by atoms with Crippen LogP contribution in [-0.2, 0) is 4.79 Å². The maximum Gasteiger partial charge on any atom is 0.222 e. The van der Waals surface area contributed by atoms with Crippen molar-refractivity contribution < 1.29 is 9.90 Å². The molecule has 3 nitrogen and oxygen atoms in total. The van der Waals surface area contributed by atoms with Gasteiger partial charge in [-0.1, -0.05) is 0 Å². The van der Waals surface area contributed by atoms with Crippen molar-refractivity contribution in [1.82, 2.24) is 4.90 Å². The van der Waals surface area contributed by atoms with Crippen molar-refractivity contribution in [3.05, 3.63) is 0 Å². The number of alkyl halides is 1. The van der Waals surface area contributed by atoms with E-state index >= 15 is 0 Å². The van der Waals surface area contributed by atoms with Crippen LogP contribution in [-0.4, -0.2) is 41.0 Å². The van der Waals surface area contributed by atoms with Gasteiger partial charge >= 0.3 is 0 Å². The zero-order valence-corrected chi connectivity index (χ0v) is 8.46. The lowest BCUT2D eigenvalue weighted by molar-refractivity contribution is -0.132. The maximum absolute atomic E-state index is 11.5. The van der Waals surface area contributed by atoms with Gasteiger partial charge in [0.25, 0.3) is 0 Å². The molecule has 1 heterocycles. The molecule has 1 aliphatic rings. The second-order valence-corrected chi connectivity index (χ2v) is 3.74. The Kier molecular flexibility index (Phi) is 4.53. The van der Waals surface area contributed by atoms with E-state index in [4.69, 9.17) is 16.7 Å². The molecule has 1 aliphatic heterocycles. The van der Waals surface area contributed by atoms with E-state index in [-0.39, 0.29) is 18.6 Å². The number of amides is 1. The topological polar surface area (TPSA) is 40.5 Å². The highest BCUT2D eigenvalue weighted by atomic mass is 35.5. The van der Waals surface area contributed by atoms with Gasteiger partial charge < -0.3 is 10.0 Å². The fourth-order valence-corrected chi connectivity index (χ4v) is 1.85. The Bertz CT molecular complexity index is 175. The first kappa shape index (κ1) is 10.8. The van der Waals surface area contributed by atoms with Crippen molar-refractivity contribution in [2.45, 2.75) is 31.7 Å². The lowest BCUT2D eigenvalue weighted by Crippen LogP contribution is -2.37. The van der Waals surface area contributed by atoms with Crippen LogP contribution in [0.5, 0.6) is 0 Å². The first-order valence-electron chi connectivity index (χ1n) is 4.76. The Morgan fingerprint density at radius 3 is 3.00 bits per heavy atom. The second kappa shape index (κ2) is 5.45. The lowest BCUT2D eigenvalue weighted by atomic mass is 10.2. The molecule has 1 N–H and O–H groups in total. The van der Waals surface area contributed by atoms with Gasteiger partial charge in [0.2, 0.25) is 5.91 Å². The minimum absolute atomic E-state index is 0.0582. The molecule has 0 aromatic rings. The minimum Gasteiger partial charge on any atom is -0.394 e. The summed E-state index contributed by atoms with van der Waals surface area (Å²) < 4.78 is 0. The summed E-state index contributed by atoms with van der Waals surface area (Å²) in [5.41, 5.74) is 0. The van der Waals surface area contributed by atoms with Gasteiger partial charge in [0.15, 0.2) is 0 Å². The average Bonchev–Trinajstić information content (AvgIpc) is 2.61. The molecule has 0 aromatic heterocycles. The van der Waals surface area contributed by atoms with E-state index in [1.165, 1.54) is 0 Å². The van der Waals surface area contributed by atoms with Crippen molar-refractivity contribution in [2.75, 3.05) is 19.0 Å². The van der Waals surface area contributed by atoms with Crippen molar-refractivity contribution in [3.8, 4) is 0 Å². The molecule has 76 valence electrons. The van der Waals surface area contributed by atoms with E-state index in [9.17, 15) is 4.79 Å². The quantitative estimate of drug-likeness (QED) is 0.696. The molecule has 0 aromatic carbocycles. The molecular weight excluding hydrogens is 190 g/mol. The molecule has 0 saturated carbocycles. The third-order valence-corrected chi connectivity index (χ3v) is 2.70. The van der Waals surface area contributed by atoms with E-state index in [0.29, 0.717) is 12.3 Å². The number of aliphatic hydroxyl groups excluding tert-OH is 1. The number of likely N-dealkylation sites (tertiary alicyclic amines) is 1. The van der Waals surface area contributed by atoms with Crippen LogP contribution in [0.3, 0.4) is 0 Å². The molecule has 1 fully saturated rings. The zero-order chi connectivity index (χ0) is 9.68. The highest BCUT2D eigenvalue weighted by Crippen LogP contribution is 2.17. The third kappa shape index (κ3) is 2.85. The molecule has 1 saturated heterocycles. The molecule has 1 atom stereocenters. The first-order valence-corrected chi connectivity index (χ1v) is 5.29. The molecular formula is C9H16ClNO2. The third-order valence-electron chi connectivity index (χ3n) is 2.43. The van der Waals surface area contributed by atoms with Gasteiger partial charge in [-0.05, 0) is 19.3 Å². The Morgan fingerprint density at radius 2 is 2.38 bits per heavy atom. The van der Waals surface area contributed by atoms with Crippen LogP contribution in [0, 0.1) is 0 Å². The van der Waals surface area contributed by atoms with E-state index in [1.54, 1.807) is 4.90 Å². The van der Waals surface area contributed by atoms with Gasteiger partial charge in [-0.2, -0.15) is 0 Å². The minimum atomic E-state index is 0.0582. The standard InChI is InChI=1S/C9H16ClNO2/c10-5-1-4-9(13)11-6-2-3-8(11)7-12/h8,12H,1-7H2/t8-/m0/s1. The van der Waals surface area contributed by atoms with Gasteiger partial charge in [0.05, 0.1) is 12.6 Å². The molecule has 0 aliphatic carbocycles. The summed E-state index contributed by atoms with van der Waals surface area (Å²) in [6, 6.07) is 0.0582. The number of aliphatic hydroxyl groups is 1. The second-order valence-electron chi connectivity index (χ2n) is 3.36. The number of halogens is 1. The first-order chi connectivity index (χ1) is 6.29. The number of hydrogen-bond donors (Lipinski definition) is 1. The molecule has 0 radical (unpaired) electrons. The molecule has 13 heavy (non-hydrogen) atoms. The number of carbonyl (C=O) groups excluding carboxylic acids is 1. The Labute approximate surface area is 83.7 Å². The van der Waals surface area contributed by atoms with Gasteiger partial charge in [-0.25, -0.2) is 0 Å². The molecule has 0 bridgehead atoms. The summed E-state index contributed by atoms with van der Waals surface area (Å²) >= 11 is 5.50. The van der Waals surface area contributed by atoms with Gasteiger partial charge in [-0.3, -0.25) is 4.79 Å². The fraction of sp³-hybridized carbons (Fsp3) is 0.889. The molecule has 1 rings (SSSR count). The van der Waals surface area contributed by atoms with Gasteiger partial charge in [0.1, 0.15) is 0 Å². The fourth-order valence-electron chi connectivity index (χ4n) is 1.72. The van der Waals surface area contributed by atoms with Crippen LogP contribution in [0.25, 0.3) is 0 Å². The van der Waals surface area contributed by atoms with Crippen LogP contribution in [0.2, 0.25) is 0 Å². The van der Waals surface area contributed by atoms with Crippen molar-refractivity contribution >= 4 is 17.5 Å². The number of carbonyl (C=O) groups is 1. The average molecular weight is 206 g/mol. The summed E-state index contributed by atoms with van der Waals surface area (Å²) in [7, 11) is 0. The summed E-state index contributed by atoms with van der Waals surface area (Å²) in [5, 5.41) is 8.99. The predicted molar refractivity (Wildman–Crippen MR) is 51.8 cm³/mol. The van der Waals surface area contributed by atoms with Crippen molar-refractivity contribution in [1.29, 1.82) is 0 Å². The summed E-state index contributed by atoms with van der Waals surface area (Å²) in [6.07, 6.45) is 3.19. The summed E-state index contributed by atoms with van der Waals surface area (Å²) in [6.45, 7) is 0.888. The van der Waals surface area contributed by atoms with Crippen LogP contribution < -0.4 is 0 Å². The molecule has 4 heteroatoms. The van der Waals surface area contributed by atoms with E-state index < -0.39 is 0 Å². The van der Waals surface area contributed by atoms with E-state index in [2.05, 4.69) is 0 Å². The van der Waals surface area contributed by atoms with Crippen LogP contribution in [0.1, 0.15) is 25.7 Å². The predicted octanol–water partition coefficient (Wildman–Crippen LogP) is 0.989. The van der Waals surface area contributed by atoms with Gasteiger partial charge in [0, 0.05) is 18.8 Å². The molecule has 1 amide bonds. The summed E-state index contributed by atoms with van der Waals surface area (Å²) in [4.78, 5) is 13.3. The highest BCUT2D eigenvalue weighted by Gasteiger charge is 2.27. The lowest BCUT2D eigenvalue weighted by Gasteiger charge is -2.22. The SMILES string of the molecule is O=C(CCCCl)N1CCC[C@H]1CO. The number of hydrogen-bond acceptors (Lipinski definition) is 2. The van der Waals surface area contributed by atoms with Crippen molar-refractivity contribution in [2.24, 2.45) is 0 Å². The molecule has 0 spiro atoms. The number of nitrogens with zero attached hydrogens (tertiary/aromatic N) is 1. The van der Waals surface area contributed by atoms with Crippen LogP contribution >= 0.6 is 11.6 Å². The smallest absolute Gasteiger partial charge is 0.222 e. The van der Waals surface area contributed by atoms with Gasteiger partial charge in [-0.15, -0.1) is 11.6 Å². The van der Waals surface area contributed by atoms with Crippen LogP contribution in [0.4, 0.5) is 0 Å². The maximum atomic E-state index is 11.5. The van der Waals surface area contributed by atoms with Crippen molar-refractivity contribution in [3.63, 3.8) is 0 Å². The number of rotatable bonds is 4. The Balaban J connectivity index is 2.36. The highest BCUT2D eigenvalue weighted by molar-refractivity contribution is 6.17. The monoisotopic (exact) mass is 205 g/mol. The van der Waals surface area contributed by atoms with Crippen LogP contribution in [0.15, 0.2) is 0 Å². The Morgan fingerprint density at radius 1 is 1.62 bits per heavy atom. The van der Waals surface area contributed by atoms with E-state index in [0.717, 1.165) is 25.8 Å². The van der Waals surface area contributed by atoms with E-state index in [1.807, 2.05) is 0 Å². The largest absolute Gasteiger partial charge is 0.394 e. The molecule has 0 unspecified atom stereocenters. The zero-order valence-electron chi connectivity index (χ0n) is 7.71.